The van der Waals surface area contributed by atoms with Gasteiger partial charge in [0.15, 0.2) is 0 Å². The molecule has 1 aliphatic carbocycles. The van der Waals surface area contributed by atoms with E-state index in [2.05, 4.69) is 15.2 Å². The van der Waals surface area contributed by atoms with Crippen molar-refractivity contribution in [2.45, 2.75) is 51.4 Å². The Morgan fingerprint density at radius 2 is 1.70 bits per heavy atom. The Morgan fingerprint density at radius 1 is 1.09 bits per heavy atom. The van der Waals surface area contributed by atoms with Gasteiger partial charge in [0.1, 0.15) is 4.88 Å². The number of rotatable bonds is 3. The van der Waals surface area contributed by atoms with Crippen molar-refractivity contribution in [3.05, 3.63) is 27.4 Å². The number of carbonyl (C=O) groups excluding carboxylic acids is 1. The highest BCUT2D eigenvalue weighted by Gasteiger charge is 2.33. The molecule has 0 aromatic carbocycles. The van der Waals surface area contributed by atoms with E-state index in [-0.39, 0.29) is 11.8 Å². The van der Waals surface area contributed by atoms with E-state index in [0.717, 1.165) is 53.3 Å². The van der Waals surface area contributed by atoms with E-state index in [1.54, 1.807) is 0 Å². The maximum atomic E-state index is 12.6. The minimum Gasteiger partial charge on any atom is -0.425 e. The molecular weight excluding hydrogens is 312 g/mol. The molecule has 2 aliphatic rings. The number of likely N-dealkylation sites (tertiary alicyclic amines) is 1. The quantitative estimate of drug-likeness (QED) is 0.864. The van der Waals surface area contributed by atoms with Gasteiger partial charge in [0.2, 0.25) is 11.8 Å². The molecule has 3 heterocycles. The van der Waals surface area contributed by atoms with Gasteiger partial charge in [0.05, 0.1) is 10.7 Å². The van der Waals surface area contributed by atoms with E-state index in [0.29, 0.717) is 5.92 Å². The maximum Gasteiger partial charge on any atom is 0.265 e. The van der Waals surface area contributed by atoms with Crippen molar-refractivity contribution in [3.63, 3.8) is 0 Å². The molecule has 1 amide bonds. The molecule has 7 heteroatoms. The van der Waals surface area contributed by atoms with Crippen molar-refractivity contribution < 1.29 is 9.21 Å². The fraction of sp³-hybridized carbons (Fsp3) is 0.625. The summed E-state index contributed by atoms with van der Waals surface area (Å²) in [6.45, 7) is 5.32. The number of piperidine rings is 1. The smallest absolute Gasteiger partial charge is 0.265 e. The number of hydrogen-bond donors (Lipinski definition) is 0. The summed E-state index contributed by atoms with van der Waals surface area (Å²) in [5.74, 6) is 2.44. The largest absolute Gasteiger partial charge is 0.425 e. The third kappa shape index (κ3) is 2.89. The van der Waals surface area contributed by atoms with E-state index in [1.807, 2.05) is 18.7 Å². The zero-order valence-corrected chi connectivity index (χ0v) is 14.2. The third-order valence-electron chi connectivity index (χ3n) is 4.61. The normalized spacial score (nSPS) is 19.3. The molecule has 2 aromatic heterocycles. The number of nitrogens with zero attached hydrogens (tertiary/aromatic N) is 4. The van der Waals surface area contributed by atoms with Crippen LogP contribution in [0.4, 0.5) is 0 Å². The van der Waals surface area contributed by atoms with Crippen LogP contribution >= 0.6 is 11.3 Å². The van der Waals surface area contributed by atoms with Gasteiger partial charge in [-0.2, -0.15) is 0 Å². The van der Waals surface area contributed by atoms with Gasteiger partial charge in [-0.15, -0.1) is 21.5 Å². The molecule has 0 spiro atoms. The van der Waals surface area contributed by atoms with Gasteiger partial charge in [-0.25, -0.2) is 4.98 Å². The topological polar surface area (TPSA) is 72.1 Å². The first kappa shape index (κ1) is 14.8. The number of carbonyl (C=O) groups is 1. The van der Waals surface area contributed by atoms with Crippen molar-refractivity contribution in [1.82, 2.24) is 20.1 Å². The molecule has 1 saturated heterocycles. The Labute approximate surface area is 138 Å². The molecule has 0 radical (unpaired) electrons. The molecule has 0 bridgehead atoms. The lowest BCUT2D eigenvalue weighted by atomic mass is 9.96. The molecule has 4 rings (SSSR count). The Bertz CT molecular complexity index is 726. The van der Waals surface area contributed by atoms with Crippen molar-refractivity contribution >= 4 is 17.2 Å². The SMILES string of the molecule is Cc1nc(C)c(C(=O)N2CCC(c3nnc(C4CC4)o3)CC2)s1. The van der Waals surface area contributed by atoms with Crippen LogP contribution in [0.15, 0.2) is 4.42 Å². The second-order valence-electron chi connectivity index (χ2n) is 6.47. The van der Waals surface area contributed by atoms with Crippen molar-refractivity contribution in [2.24, 2.45) is 0 Å². The van der Waals surface area contributed by atoms with Gasteiger partial charge >= 0.3 is 0 Å². The lowest BCUT2D eigenvalue weighted by Gasteiger charge is -2.30. The van der Waals surface area contributed by atoms with Crippen molar-refractivity contribution in [3.8, 4) is 0 Å². The van der Waals surface area contributed by atoms with E-state index < -0.39 is 0 Å². The van der Waals surface area contributed by atoms with Crippen LogP contribution < -0.4 is 0 Å². The lowest BCUT2D eigenvalue weighted by molar-refractivity contribution is 0.0710. The van der Waals surface area contributed by atoms with Crippen LogP contribution in [0.1, 0.15) is 69.7 Å². The summed E-state index contributed by atoms with van der Waals surface area (Å²) in [4.78, 5) is 19.7. The summed E-state index contributed by atoms with van der Waals surface area (Å²) in [7, 11) is 0. The van der Waals surface area contributed by atoms with E-state index in [1.165, 1.54) is 24.2 Å². The van der Waals surface area contributed by atoms with Gasteiger partial charge in [0.25, 0.3) is 5.91 Å². The summed E-state index contributed by atoms with van der Waals surface area (Å²) in [6.07, 6.45) is 4.11. The molecule has 2 aromatic rings. The van der Waals surface area contributed by atoms with E-state index in [9.17, 15) is 4.79 Å². The second kappa shape index (κ2) is 5.70. The zero-order valence-electron chi connectivity index (χ0n) is 13.4. The van der Waals surface area contributed by atoms with E-state index >= 15 is 0 Å². The minimum atomic E-state index is 0.107. The number of aromatic nitrogens is 3. The molecule has 0 N–H and O–H groups in total. The van der Waals surface area contributed by atoms with Gasteiger partial charge in [-0.05, 0) is 39.5 Å². The van der Waals surface area contributed by atoms with Crippen LogP contribution in [-0.2, 0) is 0 Å². The number of amides is 1. The first-order valence-electron chi connectivity index (χ1n) is 8.18. The average Bonchev–Trinajstić information content (AvgIpc) is 3.18. The Hall–Kier alpha value is -1.76. The van der Waals surface area contributed by atoms with Crippen molar-refractivity contribution in [2.75, 3.05) is 13.1 Å². The molecule has 23 heavy (non-hydrogen) atoms. The molecule has 1 saturated carbocycles. The van der Waals surface area contributed by atoms with E-state index in [4.69, 9.17) is 4.42 Å². The second-order valence-corrected chi connectivity index (χ2v) is 7.67. The van der Waals surface area contributed by atoms with Gasteiger partial charge < -0.3 is 9.32 Å². The van der Waals surface area contributed by atoms with Crippen LogP contribution in [0.2, 0.25) is 0 Å². The fourth-order valence-corrected chi connectivity index (χ4v) is 4.00. The minimum absolute atomic E-state index is 0.107. The first-order chi connectivity index (χ1) is 11.1. The van der Waals surface area contributed by atoms with Crippen LogP contribution in [0, 0.1) is 13.8 Å². The fourth-order valence-electron chi connectivity index (χ4n) is 3.11. The van der Waals surface area contributed by atoms with Gasteiger partial charge in [0, 0.05) is 24.9 Å². The molecule has 0 atom stereocenters. The lowest BCUT2D eigenvalue weighted by Crippen LogP contribution is -2.37. The summed E-state index contributed by atoms with van der Waals surface area (Å²) in [5.41, 5.74) is 0.839. The summed E-state index contributed by atoms with van der Waals surface area (Å²) in [6, 6.07) is 0. The Kier molecular flexibility index (Phi) is 3.67. The number of thiazole rings is 1. The summed E-state index contributed by atoms with van der Waals surface area (Å²) in [5, 5.41) is 9.33. The highest BCUT2D eigenvalue weighted by atomic mass is 32.1. The molecular formula is C16H20N4O2S. The predicted molar refractivity (Wildman–Crippen MR) is 85.7 cm³/mol. The van der Waals surface area contributed by atoms with Crippen LogP contribution in [-0.4, -0.2) is 39.1 Å². The highest BCUT2D eigenvalue weighted by molar-refractivity contribution is 7.13. The zero-order chi connectivity index (χ0) is 16.0. The highest BCUT2D eigenvalue weighted by Crippen LogP contribution is 2.40. The third-order valence-corrected chi connectivity index (χ3v) is 5.67. The van der Waals surface area contributed by atoms with Crippen LogP contribution in [0.3, 0.4) is 0 Å². The van der Waals surface area contributed by atoms with Gasteiger partial charge in [-0.1, -0.05) is 0 Å². The summed E-state index contributed by atoms with van der Waals surface area (Å²) < 4.78 is 5.82. The molecule has 122 valence electrons. The number of aryl methyl sites for hydroxylation is 2. The first-order valence-corrected chi connectivity index (χ1v) is 9.00. The van der Waals surface area contributed by atoms with Crippen LogP contribution in [0.5, 0.6) is 0 Å². The predicted octanol–water partition coefficient (Wildman–Crippen LogP) is 3.04. The van der Waals surface area contributed by atoms with Crippen molar-refractivity contribution in [1.29, 1.82) is 0 Å². The Morgan fingerprint density at radius 3 is 2.22 bits per heavy atom. The Balaban J connectivity index is 1.40. The maximum absolute atomic E-state index is 12.6. The molecule has 6 nitrogen and oxygen atoms in total. The standard InChI is InChI=1S/C16H20N4O2S/c1-9-13(23-10(2)17-9)16(21)20-7-5-12(6-8-20)15-19-18-14(22-15)11-3-4-11/h11-12H,3-8H2,1-2H3. The average molecular weight is 332 g/mol. The van der Waals surface area contributed by atoms with Gasteiger partial charge in [-0.3, -0.25) is 4.79 Å². The molecule has 2 fully saturated rings. The summed E-state index contributed by atoms with van der Waals surface area (Å²) >= 11 is 1.48. The molecule has 0 unspecified atom stereocenters. The number of hydrogen-bond acceptors (Lipinski definition) is 6. The monoisotopic (exact) mass is 332 g/mol. The van der Waals surface area contributed by atoms with Crippen LogP contribution in [0.25, 0.3) is 0 Å². The molecule has 1 aliphatic heterocycles.